The van der Waals surface area contributed by atoms with E-state index in [-0.39, 0.29) is 6.54 Å². The van der Waals surface area contributed by atoms with Crippen molar-refractivity contribution in [2.45, 2.75) is 39.0 Å². The number of aryl methyl sites for hydroxylation is 1. The lowest BCUT2D eigenvalue weighted by Crippen LogP contribution is -2.36. The summed E-state index contributed by atoms with van der Waals surface area (Å²) in [7, 11) is 0. The number of likely N-dealkylation sites (tertiary alicyclic amines) is 1. The molecule has 2 saturated heterocycles. The lowest BCUT2D eigenvalue weighted by Gasteiger charge is -2.28. The third kappa shape index (κ3) is 7.48. The largest absolute Gasteiger partial charge is 0.392 e. The highest BCUT2D eigenvalue weighted by atomic mass is 19.4. The molecule has 2 atom stereocenters. The molecule has 202 valence electrons. The van der Waals surface area contributed by atoms with Crippen LogP contribution in [0.3, 0.4) is 0 Å². The van der Waals surface area contributed by atoms with Crippen LogP contribution in [0.15, 0.2) is 30.3 Å². The number of aromatic nitrogens is 1. The number of benzene rings is 1. The van der Waals surface area contributed by atoms with Gasteiger partial charge in [0, 0.05) is 44.8 Å². The number of hydrogen-bond donors (Lipinski definition) is 3. The Balaban J connectivity index is 1.54. The second kappa shape index (κ2) is 11.6. The van der Waals surface area contributed by atoms with Gasteiger partial charge in [-0.15, -0.1) is 0 Å². The number of urea groups is 1. The zero-order valence-electron chi connectivity index (χ0n) is 21.1. The van der Waals surface area contributed by atoms with Crippen LogP contribution in [0.1, 0.15) is 25.3 Å². The van der Waals surface area contributed by atoms with Crippen molar-refractivity contribution >= 4 is 23.4 Å². The Labute approximate surface area is 214 Å². The first-order valence-corrected chi connectivity index (χ1v) is 12.6. The zero-order chi connectivity index (χ0) is 26.6. The molecule has 11 heteroatoms. The summed E-state index contributed by atoms with van der Waals surface area (Å²) >= 11 is 0. The van der Waals surface area contributed by atoms with E-state index in [4.69, 9.17) is 9.72 Å². The number of carbonyl (C=O) groups is 1. The van der Waals surface area contributed by atoms with Crippen LogP contribution < -0.4 is 15.5 Å². The first-order chi connectivity index (χ1) is 17.6. The van der Waals surface area contributed by atoms with Gasteiger partial charge < -0.3 is 30.3 Å². The Morgan fingerprint density at radius 1 is 1.22 bits per heavy atom. The lowest BCUT2D eigenvalue weighted by molar-refractivity contribution is -0.143. The minimum atomic E-state index is -4.23. The summed E-state index contributed by atoms with van der Waals surface area (Å²) in [6.07, 6.45) is -5.30. The van der Waals surface area contributed by atoms with E-state index >= 15 is 0 Å². The standard InChI is InChI=1S/C26H34F3N5O3/c1-17-3-4-21(31-25(36)34-6-5-19(16-34)14-26(27,28)29)13-22(17)20-11-23(30-15-18(2)35)32-24(12-20)33-7-9-37-10-8-33/h3-4,11-13,18-19,35H,5-10,14-16H2,1-2H3,(H,30,32)(H,31,36). The van der Waals surface area contributed by atoms with E-state index in [0.29, 0.717) is 57.3 Å². The number of morpholine rings is 1. The van der Waals surface area contributed by atoms with E-state index in [2.05, 4.69) is 15.5 Å². The quantitative estimate of drug-likeness (QED) is 0.498. The Bertz CT molecular complexity index is 1090. The molecule has 1 aromatic heterocycles. The molecule has 2 amide bonds. The first-order valence-electron chi connectivity index (χ1n) is 12.6. The maximum Gasteiger partial charge on any atom is 0.389 e. The maximum atomic E-state index is 12.8. The van der Waals surface area contributed by atoms with E-state index < -0.39 is 30.7 Å². The molecule has 0 saturated carbocycles. The van der Waals surface area contributed by atoms with Crippen molar-refractivity contribution in [2.24, 2.45) is 5.92 Å². The van der Waals surface area contributed by atoms with Gasteiger partial charge in [-0.3, -0.25) is 0 Å². The third-order valence-corrected chi connectivity index (χ3v) is 6.62. The topological polar surface area (TPSA) is 90.0 Å². The Hall–Kier alpha value is -3.05. The number of alkyl halides is 3. The van der Waals surface area contributed by atoms with Crippen molar-refractivity contribution < 1.29 is 27.8 Å². The van der Waals surface area contributed by atoms with Crippen molar-refractivity contribution in [3.8, 4) is 11.1 Å². The second-order valence-corrected chi connectivity index (χ2v) is 9.81. The SMILES string of the molecule is Cc1ccc(NC(=O)N2CCC(CC(F)(F)F)C2)cc1-c1cc(NCC(C)O)nc(N2CCOCC2)c1. The maximum absolute atomic E-state index is 12.8. The number of nitrogens with zero attached hydrogens (tertiary/aromatic N) is 3. The summed E-state index contributed by atoms with van der Waals surface area (Å²) < 4.78 is 43.7. The average Bonchev–Trinajstić information content (AvgIpc) is 3.31. The van der Waals surface area contributed by atoms with Gasteiger partial charge in [0.2, 0.25) is 0 Å². The highest BCUT2D eigenvalue weighted by molar-refractivity contribution is 5.91. The minimum absolute atomic E-state index is 0.0929. The molecule has 0 bridgehead atoms. The molecule has 2 aromatic rings. The number of hydrogen-bond acceptors (Lipinski definition) is 6. The molecule has 0 spiro atoms. The third-order valence-electron chi connectivity index (χ3n) is 6.62. The molecule has 3 heterocycles. The van der Waals surface area contributed by atoms with Gasteiger partial charge in [0.05, 0.1) is 19.3 Å². The van der Waals surface area contributed by atoms with Crippen molar-refractivity contribution in [2.75, 3.05) is 61.5 Å². The molecule has 4 rings (SSSR count). The van der Waals surface area contributed by atoms with Gasteiger partial charge in [0.15, 0.2) is 0 Å². The Morgan fingerprint density at radius 3 is 2.68 bits per heavy atom. The van der Waals surface area contributed by atoms with Crippen molar-refractivity contribution in [3.05, 3.63) is 35.9 Å². The minimum Gasteiger partial charge on any atom is -0.392 e. The fourth-order valence-electron chi connectivity index (χ4n) is 4.69. The number of ether oxygens (including phenoxy) is 1. The number of amides is 2. The summed E-state index contributed by atoms with van der Waals surface area (Å²) in [6.45, 7) is 7.07. The number of pyridine rings is 1. The van der Waals surface area contributed by atoms with Gasteiger partial charge in [-0.1, -0.05) is 6.07 Å². The zero-order valence-corrected chi connectivity index (χ0v) is 21.1. The summed E-state index contributed by atoms with van der Waals surface area (Å²) in [6, 6.07) is 9.06. The molecular weight excluding hydrogens is 487 g/mol. The van der Waals surface area contributed by atoms with Crippen LogP contribution >= 0.6 is 0 Å². The second-order valence-electron chi connectivity index (χ2n) is 9.81. The predicted octanol–water partition coefficient (Wildman–Crippen LogP) is 4.49. The molecule has 0 aliphatic carbocycles. The molecular formula is C26H34F3N5O3. The molecule has 8 nitrogen and oxygen atoms in total. The van der Waals surface area contributed by atoms with E-state index in [1.807, 2.05) is 31.2 Å². The number of carbonyl (C=O) groups excluding carboxylic acids is 1. The van der Waals surface area contributed by atoms with Gasteiger partial charge in [-0.25, -0.2) is 9.78 Å². The van der Waals surface area contributed by atoms with Gasteiger partial charge in [0.1, 0.15) is 11.6 Å². The van der Waals surface area contributed by atoms with Crippen LogP contribution in [0.2, 0.25) is 0 Å². The number of rotatable bonds is 7. The molecule has 2 aliphatic rings. The Morgan fingerprint density at radius 2 is 1.97 bits per heavy atom. The fraction of sp³-hybridized carbons (Fsp3) is 0.538. The molecule has 2 unspecified atom stereocenters. The average molecular weight is 522 g/mol. The highest BCUT2D eigenvalue weighted by Crippen LogP contribution is 2.33. The van der Waals surface area contributed by atoms with Crippen LogP contribution in [0.25, 0.3) is 11.1 Å². The van der Waals surface area contributed by atoms with Gasteiger partial charge in [0.25, 0.3) is 0 Å². The van der Waals surface area contributed by atoms with Crippen LogP contribution in [0.5, 0.6) is 0 Å². The van der Waals surface area contributed by atoms with Gasteiger partial charge >= 0.3 is 12.2 Å². The summed E-state index contributed by atoms with van der Waals surface area (Å²) in [5, 5.41) is 15.8. The van der Waals surface area contributed by atoms with Crippen molar-refractivity contribution in [1.82, 2.24) is 9.88 Å². The van der Waals surface area contributed by atoms with Crippen molar-refractivity contribution in [1.29, 1.82) is 0 Å². The van der Waals surface area contributed by atoms with E-state index in [9.17, 15) is 23.1 Å². The van der Waals surface area contributed by atoms with Crippen LogP contribution in [0, 0.1) is 12.8 Å². The van der Waals surface area contributed by atoms with Crippen molar-refractivity contribution in [3.63, 3.8) is 0 Å². The van der Waals surface area contributed by atoms with Crippen LogP contribution in [-0.2, 0) is 4.74 Å². The lowest BCUT2D eigenvalue weighted by atomic mass is 10.00. The van der Waals surface area contributed by atoms with E-state index in [0.717, 1.165) is 22.5 Å². The van der Waals surface area contributed by atoms with Crippen LogP contribution in [0.4, 0.5) is 35.3 Å². The smallest absolute Gasteiger partial charge is 0.389 e. The highest BCUT2D eigenvalue weighted by Gasteiger charge is 2.36. The molecule has 1 aromatic carbocycles. The monoisotopic (exact) mass is 521 g/mol. The van der Waals surface area contributed by atoms with Gasteiger partial charge in [-0.2, -0.15) is 13.2 Å². The molecule has 37 heavy (non-hydrogen) atoms. The summed E-state index contributed by atoms with van der Waals surface area (Å²) in [5.41, 5.74) is 3.34. The van der Waals surface area contributed by atoms with Gasteiger partial charge in [-0.05, 0) is 67.1 Å². The first kappa shape index (κ1) is 27.0. The predicted molar refractivity (Wildman–Crippen MR) is 137 cm³/mol. The number of halogens is 3. The number of aliphatic hydroxyl groups is 1. The van der Waals surface area contributed by atoms with Crippen LogP contribution in [-0.4, -0.2) is 79.2 Å². The molecule has 2 fully saturated rings. The number of anilines is 3. The Kier molecular flexibility index (Phi) is 8.43. The summed E-state index contributed by atoms with van der Waals surface area (Å²) in [5.74, 6) is 0.847. The normalized spacial score (nSPS) is 19.1. The number of aliphatic hydroxyl groups excluding tert-OH is 1. The van der Waals surface area contributed by atoms with E-state index in [1.54, 1.807) is 13.0 Å². The molecule has 0 radical (unpaired) electrons. The fourth-order valence-corrected chi connectivity index (χ4v) is 4.69. The molecule has 2 aliphatic heterocycles. The van der Waals surface area contributed by atoms with E-state index in [1.165, 1.54) is 4.90 Å². The summed E-state index contributed by atoms with van der Waals surface area (Å²) in [4.78, 5) is 21.1. The number of nitrogens with one attached hydrogen (secondary N) is 2. The molecule has 3 N–H and O–H groups in total.